The van der Waals surface area contributed by atoms with Crippen molar-refractivity contribution in [1.82, 2.24) is 5.43 Å². The topological polar surface area (TPSA) is 78.8 Å². The summed E-state index contributed by atoms with van der Waals surface area (Å²) in [4.78, 5) is 12.9. The number of rotatable bonds is 6. The van der Waals surface area contributed by atoms with E-state index in [0.717, 1.165) is 54.1 Å². The summed E-state index contributed by atoms with van der Waals surface area (Å²) in [5, 5.41) is 4.37. The van der Waals surface area contributed by atoms with Crippen LogP contribution in [0.2, 0.25) is 0 Å². The summed E-state index contributed by atoms with van der Waals surface area (Å²) in [5.74, 6) is -1.02. The van der Waals surface area contributed by atoms with Gasteiger partial charge in [0.1, 0.15) is 12.4 Å². The third-order valence-corrected chi connectivity index (χ3v) is 8.07. The Kier molecular flexibility index (Phi) is 10.3. The first-order valence-corrected chi connectivity index (χ1v) is 14.0. The van der Waals surface area contributed by atoms with Gasteiger partial charge in [0, 0.05) is 5.71 Å². The molecule has 1 aliphatic carbocycles. The van der Waals surface area contributed by atoms with Crippen LogP contribution < -0.4 is 9.73 Å². The number of nitrogens with one attached hydrogen (secondary N) is 1. The van der Waals surface area contributed by atoms with E-state index in [2.05, 4.69) is 10.5 Å². The monoisotopic (exact) mass is 501 g/mol. The van der Waals surface area contributed by atoms with Gasteiger partial charge in [0.2, 0.25) is 0 Å². The van der Waals surface area contributed by atoms with Crippen molar-refractivity contribution in [3.8, 4) is 0 Å². The SMILES string of the molecule is Cc1ccc(S(=O)(=O)N(CC(=O)NN=C2CCCCCCCCCCC2)c2ccc(F)cc2)cc1. The molecule has 1 amide bonds. The standard InChI is InChI=1S/C27H36FN3O3S/c1-22-13-19-26(20-14-22)35(33,34)31(25-17-15-23(28)16-18-25)21-27(32)30-29-24-11-9-7-5-3-2-4-6-8-10-12-24/h13-20H,2-12,21H2,1H3,(H,30,32). The fourth-order valence-corrected chi connectivity index (χ4v) is 5.62. The number of nitrogens with zero attached hydrogens (tertiary/aromatic N) is 2. The molecule has 1 saturated carbocycles. The highest BCUT2D eigenvalue weighted by molar-refractivity contribution is 7.92. The molecule has 0 radical (unpaired) electrons. The predicted octanol–water partition coefficient (Wildman–Crippen LogP) is 6.11. The highest BCUT2D eigenvalue weighted by Gasteiger charge is 2.27. The number of anilines is 1. The summed E-state index contributed by atoms with van der Waals surface area (Å²) < 4.78 is 41.3. The van der Waals surface area contributed by atoms with Crippen LogP contribution in [0.25, 0.3) is 0 Å². The smallest absolute Gasteiger partial charge is 0.264 e. The zero-order valence-corrected chi connectivity index (χ0v) is 21.3. The fraction of sp³-hybridized carbons (Fsp3) is 0.481. The number of carbonyl (C=O) groups excluding carboxylic acids is 1. The van der Waals surface area contributed by atoms with Crippen LogP contribution in [0.15, 0.2) is 58.5 Å². The molecule has 8 heteroatoms. The lowest BCUT2D eigenvalue weighted by Gasteiger charge is -2.24. The molecule has 0 atom stereocenters. The van der Waals surface area contributed by atoms with Gasteiger partial charge in [-0.1, -0.05) is 62.6 Å². The predicted molar refractivity (Wildman–Crippen MR) is 138 cm³/mol. The first-order chi connectivity index (χ1) is 16.9. The van der Waals surface area contributed by atoms with Crippen molar-refractivity contribution in [2.24, 2.45) is 5.10 Å². The minimum absolute atomic E-state index is 0.0610. The molecule has 1 N–H and O–H groups in total. The van der Waals surface area contributed by atoms with E-state index >= 15 is 0 Å². The van der Waals surface area contributed by atoms with Gasteiger partial charge in [-0.3, -0.25) is 9.10 Å². The van der Waals surface area contributed by atoms with Crippen molar-refractivity contribution in [1.29, 1.82) is 0 Å². The van der Waals surface area contributed by atoms with E-state index in [1.807, 2.05) is 6.92 Å². The van der Waals surface area contributed by atoms with Crippen molar-refractivity contribution in [3.63, 3.8) is 0 Å². The van der Waals surface area contributed by atoms with Gasteiger partial charge < -0.3 is 0 Å². The highest BCUT2D eigenvalue weighted by Crippen LogP contribution is 2.24. The summed E-state index contributed by atoms with van der Waals surface area (Å²) in [6.07, 6.45) is 12.4. The van der Waals surface area contributed by atoms with Gasteiger partial charge in [-0.2, -0.15) is 5.10 Å². The Morgan fingerprint density at radius 1 is 0.857 bits per heavy atom. The van der Waals surface area contributed by atoms with Gasteiger partial charge >= 0.3 is 0 Å². The first-order valence-electron chi connectivity index (χ1n) is 12.6. The molecule has 0 heterocycles. The van der Waals surface area contributed by atoms with Gasteiger partial charge in [0.25, 0.3) is 15.9 Å². The van der Waals surface area contributed by atoms with E-state index < -0.39 is 28.3 Å². The number of hydrazone groups is 1. The second-order valence-corrected chi connectivity index (χ2v) is 11.1. The molecule has 1 fully saturated rings. The summed E-state index contributed by atoms with van der Waals surface area (Å²) >= 11 is 0. The van der Waals surface area contributed by atoms with Crippen LogP contribution in [0.4, 0.5) is 10.1 Å². The number of sulfonamides is 1. The molecule has 2 aromatic rings. The molecule has 0 spiro atoms. The maximum Gasteiger partial charge on any atom is 0.264 e. The zero-order valence-electron chi connectivity index (χ0n) is 20.5. The second kappa shape index (κ2) is 13.4. The molecule has 0 unspecified atom stereocenters. The lowest BCUT2D eigenvalue weighted by atomic mass is 10.00. The van der Waals surface area contributed by atoms with Crippen LogP contribution in [0.5, 0.6) is 0 Å². The summed E-state index contributed by atoms with van der Waals surface area (Å²) in [6.45, 7) is 1.40. The third kappa shape index (κ3) is 8.46. The third-order valence-electron chi connectivity index (χ3n) is 6.28. The largest absolute Gasteiger partial charge is 0.271 e. The maximum atomic E-state index is 13.5. The molecule has 0 saturated heterocycles. The van der Waals surface area contributed by atoms with Crippen molar-refractivity contribution in [2.75, 3.05) is 10.8 Å². The molecule has 0 bridgehead atoms. The summed E-state index contributed by atoms with van der Waals surface area (Å²) in [7, 11) is -4.05. The molecule has 6 nitrogen and oxygen atoms in total. The molecule has 2 aromatic carbocycles. The van der Waals surface area contributed by atoms with Crippen LogP contribution in [0.1, 0.15) is 76.2 Å². The summed E-state index contributed by atoms with van der Waals surface area (Å²) in [6, 6.07) is 11.5. The number of hydrogen-bond acceptors (Lipinski definition) is 4. The Hall–Kier alpha value is -2.74. The number of hydrogen-bond donors (Lipinski definition) is 1. The Morgan fingerprint density at radius 3 is 1.91 bits per heavy atom. The first kappa shape index (κ1) is 26.9. The van der Waals surface area contributed by atoms with E-state index in [0.29, 0.717) is 0 Å². The number of halogens is 1. The molecular weight excluding hydrogens is 465 g/mol. The van der Waals surface area contributed by atoms with E-state index in [1.165, 1.54) is 68.5 Å². The molecular formula is C27H36FN3O3S. The molecule has 0 aromatic heterocycles. The van der Waals surface area contributed by atoms with Crippen molar-refractivity contribution < 1.29 is 17.6 Å². The molecule has 0 aliphatic heterocycles. The minimum Gasteiger partial charge on any atom is -0.271 e. The number of aryl methyl sites for hydroxylation is 1. The van der Waals surface area contributed by atoms with Crippen LogP contribution in [-0.4, -0.2) is 26.6 Å². The Bertz CT molecular complexity index is 1070. The van der Waals surface area contributed by atoms with Gasteiger partial charge in [-0.25, -0.2) is 18.2 Å². The fourth-order valence-electron chi connectivity index (χ4n) is 4.20. The average Bonchev–Trinajstić information content (AvgIpc) is 2.83. The van der Waals surface area contributed by atoms with Crippen LogP contribution in [0.3, 0.4) is 0 Å². The van der Waals surface area contributed by atoms with Crippen LogP contribution >= 0.6 is 0 Å². The van der Waals surface area contributed by atoms with Crippen LogP contribution in [-0.2, 0) is 14.8 Å². The van der Waals surface area contributed by atoms with Crippen LogP contribution in [0, 0.1) is 12.7 Å². The lowest BCUT2D eigenvalue weighted by Crippen LogP contribution is -2.39. The molecule has 1 aliphatic rings. The highest BCUT2D eigenvalue weighted by atomic mass is 32.2. The molecule has 3 rings (SSSR count). The molecule has 190 valence electrons. The maximum absolute atomic E-state index is 13.5. The second-order valence-electron chi connectivity index (χ2n) is 9.20. The van der Waals surface area contributed by atoms with Gasteiger partial charge in [0.05, 0.1) is 10.6 Å². The average molecular weight is 502 g/mol. The molecule has 35 heavy (non-hydrogen) atoms. The quantitative estimate of drug-likeness (QED) is 0.485. The zero-order chi connectivity index (χ0) is 25.1. The van der Waals surface area contributed by atoms with Gasteiger partial charge in [-0.15, -0.1) is 0 Å². The number of benzene rings is 2. The number of carbonyl (C=O) groups is 1. The normalized spacial score (nSPS) is 16.0. The number of amides is 1. The van der Waals surface area contributed by atoms with E-state index in [-0.39, 0.29) is 10.6 Å². The summed E-state index contributed by atoms with van der Waals surface area (Å²) in [5.41, 5.74) is 4.66. The Morgan fingerprint density at radius 2 is 1.37 bits per heavy atom. The van der Waals surface area contributed by atoms with Crippen molar-refractivity contribution in [2.45, 2.75) is 82.4 Å². The Balaban J connectivity index is 1.75. The van der Waals surface area contributed by atoms with E-state index in [9.17, 15) is 17.6 Å². The van der Waals surface area contributed by atoms with E-state index in [1.54, 1.807) is 12.1 Å². The minimum atomic E-state index is -4.05. The van der Waals surface area contributed by atoms with Crippen molar-refractivity contribution >= 4 is 27.3 Å². The van der Waals surface area contributed by atoms with E-state index in [4.69, 9.17) is 0 Å². The van der Waals surface area contributed by atoms with Crippen molar-refractivity contribution in [3.05, 3.63) is 59.9 Å². The van der Waals surface area contributed by atoms with Gasteiger partial charge in [0.15, 0.2) is 0 Å². The van der Waals surface area contributed by atoms with Gasteiger partial charge in [-0.05, 0) is 69.0 Å². The Labute approximate surface area is 208 Å². The lowest BCUT2D eigenvalue weighted by molar-refractivity contribution is -0.119.